The van der Waals surface area contributed by atoms with Gasteiger partial charge in [-0.15, -0.1) is 0 Å². The van der Waals surface area contributed by atoms with Gasteiger partial charge >= 0.3 is 0 Å². The van der Waals surface area contributed by atoms with Crippen molar-refractivity contribution in [2.24, 2.45) is 5.92 Å². The number of halogens is 1. The van der Waals surface area contributed by atoms with E-state index in [1.54, 1.807) is 13.0 Å². The van der Waals surface area contributed by atoms with E-state index >= 15 is 0 Å². The van der Waals surface area contributed by atoms with Crippen LogP contribution in [0.4, 0.5) is 4.39 Å². The van der Waals surface area contributed by atoms with Crippen molar-refractivity contribution < 1.29 is 9.18 Å². The molecular formula is C14H13FO. The molecule has 1 atom stereocenters. The zero-order chi connectivity index (χ0) is 11.5. The molecule has 0 aromatic heterocycles. The molecule has 0 fully saturated rings. The molecule has 16 heavy (non-hydrogen) atoms. The molecule has 1 aromatic carbocycles. The van der Waals surface area contributed by atoms with Crippen LogP contribution in [0.3, 0.4) is 0 Å². The van der Waals surface area contributed by atoms with Crippen molar-refractivity contribution in [1.29, 1.82) is 0 Å². The van der Waals surface area contributed by atoms with E-state index in [1.807, 2.05) is 24.3 Å². The van der Waals surface area contributed by atoms with Crippen molar-refractivity contribution in [3.8, 4) is 0 Å². The van der Waals surface area contributed by atoms with Crippen molar-refractivity contribution in [1.82, 2.24) is 0 Å². The highest BCUT2D eigenvalue weighted by Crippen LogP contribution is 2.25. The van der Waals surface area contributed by atoms with Crippen LogP contribution in [0.5, 0.6) is 0 Å². The molecule has 0 aliphatic heterocycles. The standard InChI is InChI=1S/C14H13FO/c1-10-5-6-13(8-14(10)15)12-4-2-3-11(7-12)9-16/h2,4-9,11H,3H2,1H3. The first-order valence-electron chi connectivity index (χ1n) is 5.31. The maximum Gasteiger partial charge on any atom is 0.127 e. The van der Waals surface area contributed by atoms with Gasteiger partial charge in [0.1, 0.15) is 12.1 Å². The number of allylic oxidation sites excluding steroid dienone is 4. The van der Waals surface area contributed by atoms with E-state index in [1.165, 1.54) is 6.07 Å². The van der Waals surface area contributed by atoms with Crippen molar-refractivity contribution in [3.05, 3.63) is 53.4 Å². The van der Waals surface area contributed by atoms with Crippen LogP contribution in [0, 0.1) is 18.7 Å². The number of hydrogen-bond donors (Lipinski definition) is 0. The minimum absolute atomic E-state index is 0.0793. The molecule has 1 aliphatic carbocycles. The molecule has 0 heterocycles. The first-order valence-corrected chi connectivity index (χ1v) is 5.31. The first-order chi connectivity index (χ1) is 7.70. The molecule has 2 rings (SSSR count). The Kier molecular flexibility index (Phi) is 3.00. The van der Waals surface area contributed by atoms with Gasteiger partial charge < -0.3 is 4.79 Å². The predicted molar refractivity (Wildman–Crippen MR) is 62.4 cm³/mol. The smallest absolute Gasteiger partial charge is 0.127 e. The second-order valence-electron chi connectivity index (χ2n) is 4.02. The third-order valence-electron chi connectivity index (χ3n) is 2.78. The highest BCUT2D eigenvalue weighted by Gasteiger charge is 2.10. The Hall–Kier alpha value is -1.70. The second-order valence-corrected chi connectivity index (χ2v) is 4.02. The minimum atomic E-state index is -0.208. The fourth-order valence-corrected chi connectivity index (χ4v) is 1.77. The maximum absolute atomic E-state index is 13.4. The van der Waals surface area contributed by atoms with Gasteiger partial charge in [0.2, 0.25) is 0 Å². The summed E-state index contributed by atoms with van der Waals surface area (Å²) in [5, 5.41) is 0. The Morgan fingerprint density at radius 3 is 2.94 bits per heavy atom. The van der Waals surface area contributed by atoms with Gasteiger partial charge in [0.05, 0.1) is 0 Å². The lowest BCUT2D eigenvalue weighted by Gasteiger charge is -2.12. The number of rotatable bonds is 2. The molecule has 0 bridgehead atoms. The normalized spacial score (nSPS) is 19.4. The lowest BCUT2D eigenvalue weighted by Crippen LogP contribution is -2.01. The Morgan fingerprint density at radius 1 is 1.44 bits per heavy atom. The third-order valence-corrected chi connectivity index (χ3v) is 2.78. The second kappa shape index (κ2) is 4.44. The van der Waals surface area contributed by atoms with Crippen LogP contribution in [0.1, 0.15) is 17.5 Å². The van der Waals surface area contributed by atoms with Gasteiger partial charge in [0.25, 0.3) is 0 Å². The third kappa shape index (κ3) is 2.11. The molecule has 82 valence electrons. The van der Waals surface area contributed by atoms with Gasteiger partial charge in [0.15, 0.2) is 0 Å². The molecule has 0 N–H and O–H groups in total. The summed E-state index contributed by atoms with van der Waals surface area (Å²) in [5.41, 5.74) is 2.38. The maximum atomic E-state index is 13.4. The summed E-state index contributed by atoms with van der Waals surface area (Å²) in [4.78, 5) is 10.7. The average Bonchev–Trinajstić information content (AvgIpc) is 2.33. The van der Waals surface area contributed by atoms with Crippen LogP contribution in [0.15, 0.2) is 36.4 Å². The van der Waals surface area contributed by atoms with Gasteiger partial charge in [-0.05, 0) is 36.1 Å². The molecule has 0 amide bonds. The number of aryl methyl sites for hydroxylation is 1. The number of carbonyl (C=O) groups excluding carboxylic acids is 1. The monoisotopic (exact) mass is 216 g/mol. The van der Waals surface area contributed by atoms with Crippen LogP contribution in [-0.2, 0) is 4.79 Å². The number of benzene rings is 1. The SMILES string of the molecule is Cc1ccc(C2=CC(C=O)CC=C2)cc1F. The van der Waals surface area contributed by atoms with Gasteiger partial charge in [0, 0.05) is 5.92 Å². The van der Waals surface area contributed by atoms with Gasteiger partial charge in [-0.3, -0.25) is 0 Å². The predicted octanol–water partition coefficient (Wildman–Crippen LogP) is 3.29. The molecule has 0 radical (unpaired) electrons. The molecule has 0 saturated heterocycles. The average molecular weight is 216 g/mol. The zero-order valence-corrected chi connectivity index (χ0v) is 9.11. The van der Waals surface area contributed by atoms with Gasteiger partial charge in [-0.25, -0.2) is 4.39 Å². The highest BCUT2D eigenvalue weighted by molar-refractivity contribution is 5.78. The van der Waals surface area contributed by atoms with E-state index < -0.39 is 0 Å². The van der Waals surface area contributed by atoms with Crippen LogP contribution >= 0.6 is 0 Å². The van der Waals surface area contributed by atoms with E-state index in [9.17, 15) is 9.18 Å². The topological polar surface area (TPSA) is 17.1 Å². The Labute approximate surface area is 94.3 Å². The van der Waals surface area contributed by atoms with E-state index in [0.29, 0.717) is 5.56 Å². The number of carbonyl (C=O) groups is 1. The Morgan fingerprint density at radius 2 is 2.25 bits per heavy atom. The van der Waals surface area contributed by atoms with E-state index in [2.05, 4.69) is 0 Å². The molecule has 0 saturated carbocycles. The molecule has 1 unspecified atom stereocenters. The summed E-state index contributed by atoms with van der Waals surface area (Å²) in [5.74, 6) is -0.288. The summed E-state index contributed by atoms with van der Waals surface area (Å²) < 4.78 is 13.4. The molecule has 2 heteroatoms. The van der Waals surface area contributed by atoms with Gasteiger partial charge in [-0.2, -0.15) is 0 Å². The zero-order valence-electron chi connectivity index (χ0n) is 9.11. The lowest BCUT2D eigenvalue weighted by molar-refractivity contribution is -0.109. The van der Waals surface area contributed by atoms with Gasteiger partial charge in [-0.1, -0.05) is 30.4 Å². The summed E-state index contributed by atoms with van der Waals surface area (Å²) in [7, 11) is 0. The molecule has 1 aliphatic rings. The van der Waals surface area contributed by atoms with E-state index in [4.69, 9.17) is 0 Å². The Balaban J connectivity index is 2.36. The largest absolute Gasteiger partial charge is 0.303 e. The molecule has 1 aromatic rings. The first kappa shape index (κ1) is 10.8. The fraction of sp³-hybridized carbons (Fsp3) is 0.214. The van der Waals surface area contributed by atoms with E-state index in [0.717, 1.165) is 23.8 Å². The van der Waals surface area contributed by atoms with Crippen LogP contribution in [0.2, 0.25) is 0 Å². The van der Waals surface area contributed by atoms with Crippen molar-refractivity contribution >= 4 is 11.9 Å². The van der Waals surface area contributed by atoms with Crippen LogP contribution < -0.4 is 0 Å². The molecule has 0 spiro atoms. The molecule has 1 nitrogen and oxygen atoms in total. The summed E-state index contributed by atoms with van der Waals surface area (Å²) >= 11 is 0. The van der Waals surface area contributed by atoms with Crippen molar-refractivity contribution in [2.45, 2.75) is 13.3 Å². The van der Waals surface area contributed by atoms with Crippen LogP contribution in [0.25, 0.3) is 5.57 Å². The Bertz CT molecular complexity index is 472. The quantitative estimate of drug-likeness (QED) is 0.693. The van der Waals surface area contributed by atoms with Crippen molar-refractivity contribution in [3.63, 3.8) is 0 Å². The van der Waals surface area contributed by atoms with Crippen LogP contribution in [-0.4, -0.2) is 6.29 Å². The lowest BCUT2D eigenvalue weighted by atomic mass is 9.93. The van der Waals surface area contributed by atoms with E-state index in [-0.39, 0.29) is 11.7 Å². The number of hydrogen-bond acceptors (Lipinski definition) is 1. The highest BCUT2D eigenvalue weighted by atomic mass is 19.1. The summed E-state index contributed by atoms with van der Waals surface area (Å²) in [6.45, 7) is 1.73. The minimum Gasteiger partial charge on any atom is -0.303 e. The summed E-state index contributed by atoms with van der Waals surface area (Å²) in [6.07, 6.45) is 7.43. The number of aldehydes is 1. The van der Waals surface area contributed by atoms with Crippen molar-refractivity contribution in [2.75, 3.05) is 0 Å². The molecular weight excluding hydrogens is 203 g/mol. The summed E-state index contributed by atoms with van der Waals surface area (Å²) in [6, 6.07) is 5.14. The fourth-order valence-electron chi connectivity index (χ4n) is 1.77.